The molecule has 3 aromatic heterocycles. The number of benzene rings is 1. The molecule has 0 amide bonds. The van der Waals surface area contributed by atoms with Crippen molar-refractivity contribution in [1.29, 1.82) is 0 Å². The molecule has 0 saturated carbocycles. The van der Waals surface area contributed by atoms with Gasteiger partial charge >= 0.3 is 5.97 Å². The number of halogens is 2. The molecule has 196 valence electrons. The number of fused-ring (bicyclic) bond motifs is 1. The summed E-state index contributed by atoms with van der Waals surface area (Å²) in [7, 11) is 1.61. The molecule has 1 aliphatic heterocycles. The molecule has 13 heteroatoms. The van der Waals surface area contributed by atoms with Crippen LogP contribution in [-0.2, 0) is 7.05 Å². The van der Waals surface area contributed by atoms with E-state index < -0.39 is 17.8 Å². The van der Waals surface area contributed by atoms with Gasteiger partial charge in [0.25, 0.3) is 5.56 Å². The zero-order valence-corrected chi connectivity index (χ0v) is 21.4. The molecule has 2 N–H and O–H groups in total. The van der Waals surface area contributed by atoms with Crippen molar-refractivity contribution in [2.45, 2.75) is 13.0 Å². The van der Waals surface area contributed by atoms with E-state index in [2.05, 4.69) is 25.2 Å². The highest BCUT2D eigenvalue weighted by molar-refractivity contribution is 6.29. The van der Waals surface area contributed by atoms with Gasteiger partial charge in [-0.3, -0.25) is 9.36 Å². The molecule has 0 spiro atoms. The van der Waals surface area contributed by atoms with Gasteiger partial charge < -0.3 is 20.2 Å². The Morgan fingerprint density at radius 2 is 1.79 bits per heavy atom. The van der Waals surface area contributed by atoms with E-state index in [1.807, 2.05) is 4.90 Å². The standard InChI is InChI=1S/C25H24ClFN8O3/c1-14(30-18-4-5-19(26)31-21(18)23(37)38)16-12-15(27)13-17-20(16)32-25(33(2)22(17)36)35-10-8-34(9-11-35)24-28-6-3-7-29-24/h3-7,12-14,30H,8-11H2,1-2H3,(H,37,38)/t14-/m1/s1. The lowest BCUT2D eigenvalue weighted by Crippen LogP contribution is -2.48. The highest BCUT2D eigenvalue weighted by atomic mass is 35.5. The maximum Gasteiger partial charge on any atom is 0.356 e. The van der Waals surface area contributed by atoms with Crippen molar-refractivity contribution in [2.24, 2.45) is 7.05 Å². The first kappa shape index (κ1) is 25.3. The third-order valence-corrected chi connectivity index (χ3v) is 6.66. The van der Waals surface area contributed by atoms with Crippen LogP contribution in [0.5, 0.6) is 0 Å². The Labute approximate surface area is 221 Å². The molecule has 1 aliphatic rings. The smallest absolute Gasteiger partial charge is 0.356 e. The number of hydrogen-bond acceptors (Lipinski definition) is 9. The average Bonchev–Trinajstić information content (AvgIpc) is 2.92. The van der Waals surface area contributed by atoms with Gasteiger partial charge in [0.15, 0.2) is 5.69 Å². The number of carboxylic acid groups (broad SMARTS) is 1. The first-order chi connectivity index (χ1) is 18.2. The van der Waals surface area contributed by atoms with Crippen molar-refractivity contribution >= 4 is 46.1 Å². The van der Waals surface area contributed by atoms with Crippen molar-refractivity contribution in [3.8, 4) is 0 Å². The van der Waals surface area contributed by atoms with E-state index in [9.17, 15) is 19.1 Å². The Morgan fingerprint density at radius 1 is 1.11 bits per heavy atom. The fourth-order valence-electron chi connectivity index (χ4n) is 4.55. The maximum absolute atomic E-state index is 14.7. The lowest BCUT2D eigenvalue weighted by molar-refractivity contribution is 0.0691. The molecular formula is C25H24ClFN8O3. The second-order valence-corrected chi connectivity index (χ2v) is 9.28. The van der Waals surface area contributed by atoms with Crippen LogP contribution in [0.4, 0.5) is 22.0 Å². The fourth-order valence-corrected chi connectivity index (χ4v) is 4.70. The summed E-state index contributed by atoms with van der Waals surface area (Å²) in [6, 6.07) is 6.56. The van der Waals surface area contributed by atoms with E-state index in [0.29, 0.717) is 49.2 Å². The van der Waals surface area contributed by atoms with Crippen molar-refractivity contribution < 1.29 is 14.3 Å². The number of aromatic carboxylic acids is 1. The summed E-state index contributed by atoms with van der Waals surface area (Å²) in [5, 5.41) is 12.8. The molecule has 0 bridgehead atoms. The quantitative estimate of drug-likeness (QED) is 0.353. The monoisotopic (exact) mass is 538 g/mol. The number of pyridine rings is 1. The van der Waals surface area contributed by atoms with Crippen LogP contribution in [0.3, 0.4) is 0 Å². The molecule has 1 saturated heterocycles. The number of nitrogens with zero attached hydrogens (tertiary/aromatic N) is 7. The topological polar surface area (TPSA) is 129 Å². The van der Waals surface area contributed by atoms with Crippen LogP contribution < -0.4 is 20.7 Å². The number of carboxylic acids is 1. The SMILES string of the molecule is C[C@@H](Nc1ccc(Cl)nc1C(=O)O)c1cc(F)cc2c(=O)n(C)c(N3CCN(c4ncccn4)CC3)nc12. The van der Waals surface area contributed by atoms with Gasteiger partial charge in [0.2, 0.25) is 11.9 Å². The molecule has 1 atom stereocenters. The van der Waals surface area contributed by atoms with Gasteiger partial charge in [-0.2, -0.15) is 0 Å². The molecule has 0 aliphatic carbocycles. The highest BCUT2D eigenvalue weighted by Gasteiger charge is 2.25. The van der Waals surface area contributed by atoms with Gasteiger partial charge in [-0.25, -0.2) is 29.1 Å². The number of hydrogen-bond donors (Lipinski definition) is 2. The van der Waals surface area contributed by atoms with Crippen LogP contribution in [0.25, 0.3) is 10.9 Å². The van der Waals surface area contributed by atoms with Crippen LogP contribution in [0.1, 0.15) is 29.0 Å². The normalized spacial score (nSPS) is 14.5. The van der Waals surface area contributed by atoms with Gasteiger partial charge in [-0.05, 0) is 37.3 Å². The number of anilines is 3. The van der Waals surface area contributed by atoms with E-state index in [-0.39, 0.29) is 27.5 Å². The van der Waals surface area contributed by atoms with Crippen LogP contribution in [0.2, 0.25) is 5.15 Å². The molecule has 1 fully saturated rings. The predicted molar refractivity (Wildman–Crippen MR) is 142 cm³/mol. The molecule has 4 aromatic rings. The fraction of sp³-hybridized carbons (Fsp3) is 0.280. The second kappa shape index (κ2) is 10.2. The van der Waals surface area contributed by atoms with E-state index >= 15 is 0 Å². The summed E-state index contributed by atoms with van der Waals surface area (Å²) in [5.74, 6) is -0.768. The summed E-state index contributed by atoms with van der Waals surface area (Å²) in [6.07, 6.45) is 3.39. The summed E-state index contributed by atoms with van der Waals surface area (Å²) in [5.41, 5.74) is 0.287. The lowest BCUT2D eigenvalue weighted by atomic mass is 10.0. The molecular weight excluding hydrogens is 515 g/mol. The number of rotatable bonds is 6. The summed E-state index contributed by atoms with van der Waals surface area (Å²) in [6.45, 7) is 4.15. The lowest BCUT2D eigenvalue weighted by Gasteiger charge is -2.35. The Morgan fingerprint density at radius 3 is 2.47 bits per heavy atom. The Bertz CT molecular complexity index is 1570. The van der Waals surface area contributed by atoms with Crippen LogP contribution in [0.15, 0.2) is 47.5 Å². The largest absolute Gasteiger partial charge is 0.476 e. The van der Waals surface area contributed by atoms with E-state index in [1.54, 1.807) is 32.4 Å². The number of carbonyl (C=O) groups is 1. The van der Waals surface area contributed by atoms with Gasteiger partial charge in [-0.15, -0.1) is 0 Å². The minimum absolute atomic E-state index is 0.0329. The van der Waals surface area contributed by atoms with Crippen molar-refractivity contribution in [3.05, 3.63) is 75.3 Å². The molecule has 1 aromatic carbocycles. The minimum Gasteiger partial charge on any atom is -0.476 e. The molecule has 0 unspecified atom stereocenters. The molecule has 0 radical (unpaired) electrons. The summed E-state index contributed by atoms with van der Waals surface area (Å²) >= 11 is 5.87. The third-order valence-electron chi connectivity index (χ3n) is 6.45. The Hall–Kier alpha value is -4.32. The molecule has 11 nitrogen and oxygen atoms in total. The van der Waals surface area contributed by atoms with Gasteiger partial charge in [0.05, 0.1) is 22.6 Å². The first-order valence-electron chi connectivity index (χ1n) is 11.9. The van der Waals surface area contributed by atoms with Crippen LogP contribution in [0, 0.1) is 5.82 Å². The van der Waals surface area contributed by atoms with Gasteiger partial charge in [-0.1, -0.05) is 11.6 Å². The number of nitrogens with one attached hydrogen (secondary N) is 1. The van der Waals surface area contributed by atoms with E-state index in [0.717, 1.165) is 0 Å². The molecule has 4 heterocycles. The summed E-state index contributed by atoms with van der Waals surface area (Å²) in [4.78, 5) is 46.3. The number of piperazine rings is 1. The zero-order valence-electron chi connectivity index (χ0n) is 20.6. The zero-order chi connectivity index (χ0) is 27.0. The Balaban J connectivity index is 1.50. The number of aromatic nitrogens is 5. The van der Waals surface area contributed by atoms with Gasteiger partial charge in [0, 0.05) is 51.2 Å². The van der Waals surface area contributed by atoms with Gasteiger partial charge in [0.1, 0.15) is 11.0 Å². The Kier molecular flexibility index (Phi) is 6.81. The minimum atomic E-state index is -1.26. The second-order valence-electron chi connectivity index (χ2n) is 8.89. The van der Waals surface area contributed by atoms with Crippen molar-refractivity contribution in [2.75, 3.05) is 41.3 Å². The highest BCUT2D eigenvalue weighted by Crippen LogP contribution is 2.29. The summed E-state index contributed by atoms with van der Waals surface area (Å²) < 4.78 is 16.1. The van der Waals surface area contributed by atoms with Crippen LogP contribution >= 0.6 is 11.6 Å². The first-order valence-corrected chi connectivity index (χ1v) is 12.2. The molecule has 5 rings (SSSR count). The van der Waals surface area contributed by atoms with Crippen molar-refractivity contribution in [1.82, 2.24) is 24.5 Å². The maximum atomic E-state index is 14.7. The predicted octanol–water partition coefficient (Wildman–Crippen LogP) is 3.11. The average molecular weight is 539 g/mol. The van der Waals surface area contributed by atoms with Crippen LogP contribution in [-0.4, -0.2) is 61.8 Å². The molecule has 38 heavy (non-hydrogen) atoms. The third kappa shape index (κ3) is 4.82. The van der Waals surface area contributed by atoms with E-state index in [1.165, 1.54) is 28.8 Å². The van der Waals surface area contributed by atoms with Crippen molar-refractivity contribution in [3.63, 3.8) is 0 Å². The van der Waals surface area contributed by atoms with E-state index in [4.69, 9.17) is 16.6 Å².